The molecule has 2 unspecified atom stereocenters. The summed E-state index contributed by atoms with van der Waals surface area (Å²) in [5.41, 5.74) is -1.41. The molecule has 0 spiro atoms. The Morgan fingerprint density at radius 2 is 1.82 bits per heavy atom. The van der Waals surface area contributed by atoms with Crippen molar-refractivity contribution < 1.29 is 17.9 Å². The first-order valence-corrected chi connectivity index (χ1v) is 12.3. The topological polar surface area (TPSA) is 111 Å². The van der Waals surface area contributed by atoms with Gasteiger partial charge in [-0.15, -0.1) is 0 Å². The van der Waals surface area contributed by atoms with Gasteiger partial charge in [0.05, 0.1) is 23.6 Å². The van der Waals surface area contributed by atoms with E-state index in [1.54, 1.807) is 25.1 Å². The number of hydrogen-bond donors (Lipinski definition) is 0. The molecule has 3 aromatic carbocycles. The quantitative estimate of drug-likeness (QED) is 0.462. The highest BCUT2D eigenvalue weighted by Crippen LogP contribution is 2.50. The number of fused-ring (bicyclic) bond motifs is 2. The highest BCUT2D eigenvalue weighted by Gasteiger charge is 2.61. The Morgan fingerprint density at radius 3 is 2.52 bits per heavy atom. The lowest BCUT2D eigenvalue weighted by Gasteiger charge is -2.34. The number of esters is 1. The Hall–Kier alpha value is -3.24. The lowest BCUT2D eigenvalue weighted by atomic mass is 9.79. The zero-order valence-corrected chi connectivity index (χ0v) is 19.9. The van der Waals surface area contributed by atoms with Crippen LogP contribution in [0.1, 0.15) is 18.1 Å². The Morgan fingerprint density at radius 1 is 1.12 bits per heavy atom. The third-order valence-electron chi connectivity index (χ3n) is 5.76. The number of carbonyl (C=O) groups excluding carboxylic acids is 1. The van der Waals surface area contributed by atoms with Crippen molar-refractivity contribution in [2.45, 2.75) is 23.9 Å². The fraction of sp³-hybridized carbons (Fsp3) is 0.208. The van der Waals surface area contributed by atoms with E-state index in [0.29, 0.717) is 10.0 Å². The average Bonchev–Trinajstić information content (AvgIpc) is 3.01. The minimum absolute atomic E-state index is 0.0108. The van der Waals surface area contributed by atoms with Crippen molar-refractivity contribution >= 4 is 42.7 Å². The van der Waals surface area contributed by atoms with Gasteiger partial charge in [0.25, 0.3) is 0 Å². The maximum Gasteiger partial charge on any atom is 0.326 e. The molecule has 0 aliphatic carbocycles. The van der Waals surface area contributed by atoms with Gasteiger partial charge >= 0.3 is 5.97 Å². The maximum atomic E-state index is 13.6. The summed E-state index contributed by atoms with van der Waals surface area (Å²) >= 11 is 3.57. The van der Waals surface area contributed by atoms with Crippen molar-refractivity contribution in [3.05, 3.63) is 76.3 Å². The van der Waals surface area contributed by atoms with E-state index < -0.39 is 27.4 Å². The van der Waals surface area contributed by atoms with Crippen molar-refractivity contribution in [2.75, 3.05) is 6.61 Å². The zero-order valence-electron chi connectivity index (χ0n) is 17.5. The molecular formula is C24H18BrN3O4S. The minimum atomic E-state index is -4.21. The standard InChI is InChI=1S/C24H18BrN3O4S/c1-2-32-23(29)20(13-26)24(15-27)19-9-5-6-10-21(19)33(30,31)28(24)14-17-12-11-16-7-3-4-8-18(16)22(17)25/h3-12,20H,2,14H2,1H3. The Kier molecular flexibility index (Phi) is 5.98. The van der Waals surface area contributed by atoms with E-state index >= 15 is 0 Å². The molecule has 4 rings (SSSR count). The zero-order chi connectivity index (χ0) is 23.8. The number of nitrogens with zero attached hydrogens (tertiary/aromatic N) is 3. The molecule has 0 N–H and O–H groups in total. The van der Waals surface area contributed by atoms with Crippen LogP contribution in [0.5, 0.6) is 0 Å². The van der Waals surface area contributed by atoms with Gasteiger partial charge in [0.1, 0.15) is 0 Å². The minimum Gasteiger partial charge on any atom is -0.465 e. The average molecular weight is 524 g/mol. The number of nitriles is 2. The smallest absolute Gasteiger partial charge is 0.326 e. The van der Waals surface area contributed by atoms with E-state index in [4.69, 9.17) is 4.74 Å². The molecule has 1 aliphatic rings. The molecule has 0 amide bonds. The summed E-state index contributed by atoms with van der Waals surface area (Å²) in [4.78, 5) is 12.7. The number of halogens is 1. The molecule has 33 heavy (non-hydrogen) atoms. The third-order valence-corrected chi connectivity index (χ3v) is 8.60. The van der Waals surface area contributed by atoms with Gasteiger partial charge < -0.3 is 4.74 Å². The van der Waals surface area contributed by atoms with E-state index in [9.17, 15) is 23.7 Å². The van der Waals surface area contributed by atoms with Crippen LogP contribution in [0.15, 0.2) is 70.0 Å². The van der Waals surface area contributed by atoms with Crippen molar-refractivity contribution in [3.8, 4) is 12.1 Å². The molecule has 0 saturated carbocycles. The number of hydrogen-bond acceptors (Lipinski definition) is 6. The van der Waals surface area contributed by atoms with Gasteiger partial charge in [-0.05, 0) is 45.3 Å². The van der Waals surface area contributed by atoms with Crippen LogP contribution in [-0.2, 0) is 31.6 Å². The van der Waals surface area contributed by atoms with Crippen LogP contribution >= 0.6 is 15.9 Å². The summed E-state index contributed by atoms with van der Waals surface area (Å²) in [7, 11) is -4.21. The number of benzene rings is 3. The molecule has 0 aromatic heterocycles. The molecule has 1 heterocycles. The molecule has 7 nitrogen and oxygen atoms in total. The summed E-state index contributed by atoms with van der Waals surface area (Å²) in [6, 6.07) is 21.0. The van der Waals surface area contributed by atoms with Crippen molar-refractivity contribution in [1.29, 1.82) is 10.5 Å². The molecule has 0 bridgehead atoms. The molecule has 9 heteroatoms. The normalized spacial score (nSPS) is 19.9. The lowest BCUT2D eigenvalue weighted by Crippen LogP contribution is -2.50. The fourth-order valence-electron chi connectivity index (χ4n) is 4.24. The molecule has 0 fully saturated rings. The van der Waals surface area contributed by atoms with Gasteiger partial charge in [0, 0.05) is 16.6 Å². The maximum absolute atomic E-state index is 13.6. The summed E-state index contributed by atoms with van der Waals surface area (Å²) in [6.07, 6.45) is 0. The van der Waals surface area contributed by atoms with Gasteiger partial charge in [-0.25, -0.2) is 8.42 Å². The summed E-state index contributed by atoms with van der Waals surface area (Å²) in [5, 5.41) is 22.1. The largest absolute Gasteiger partial charge is 0.465 e. The predicted octanol–water partition coefficient (Wildman–Crippen LogP) is 4.23. The van der Waals surface area contributed by atoms with E-state index in [0.717, 1.165) is 15.1 Å². The summed E-state index contributed by atoms with van der Waals surface area (Å²) < 4.78 is 33.9. The van der Waals surface area contributed by atoms with E-state index in [-0.39, 0.29) is 23.6 Å². The van der Waals surface area contributed by atoms with Crippen molar-refractivity contribution in [1.82, 2.24) is 4.31 Å². The third kappa shape index (κ3) is 3.41. The first-order valence-electron chi connectivity index (χ1n) is 10.1. The first-order chi connectivity index (χ1) is 15.8. The van der Waals surface area contributed by atoms with E-state index in [1.807, 2.05) is 42.5 Å². The molecule has 1 aliphatic heterocycles. The van der Waals surface area contributed by atoms with Crippen LogP contribution in [0.3, 0.4) is 0 Å². The van der Waals surface area contributed by atoms with Gasteiger partial charge in [0.15, 0.2) is 11.5 Å². The van der Waals surface area contributed by atoms with Gasteiger partial charge in [-0.3, -0.25) is 4.79 Å². The summed E-state index contributed by atoms with van der Waals surface area (Å²) in [6.45, 7) is 1.34. The monoisotopic (exact) mass is 523 g/mol. The Balaban J connectivity index is 1.96. The Bertz CT molecular complexity index is 1460. The highest BCUT2D eigenvalue weighted by molar-refractivity contribution is 9.10. The van der Waals surface area contributed by atoms with E-state index in [2.05, 4.69) is 15.9 Å². The fourth-order valence-corrected chi connectivity index (χ4v) is 6.78. The van der Waals surface area contributed by atoms with Gasteiger partial charge in [0.2, 0.25) is 10.0 Å². The molecule has 0 saturated heterocycles. The second kappa shape index (κ2) is 8.60. The van der Waals surface area contributed by atoms with Crippen LogP contribution in [0.4, 0.5) is 0 Å². The molecular weight excluding hydrogens is 506 g/mol. The summed E-state index contributed by atoms with van der Waals surface area (Å²) in [5.74, 6) is -2.63. The van der Waals surface area contributed by atoms with Crippen molar-refractivity contribution in [3.63, 3.8) is 0 Å². The van der Waals surface area contributed by atoms with Crippen LogP contribution in [0.25, 0.3) is 10.8 Å². The number of rotatable bonds is 5. The number of carbonyl (C=O) groups is 1. The molecule has 166 valence electrons. The van der Waals surface area contributed by atoms with Gasteiger partial charge in [-0.2, -0.15) is 14.8 Å². The predicted molar refractivity (Wildman–Crippen MR) is 124 cm³/mol. The van der Waals surface area contributed by atoms with Crippen LogP contribution < -0.4 is 0 Å². The number of sulfonamides is 1. The number of ether oxygens (including phenoxy) is 1. The lowest BCUT2D eigenvalue weighted by molar-refractivity contribution is -0.149. The molecule has 0 radical (unpaired) electrons. The van der Waals surface area contributed by atoms with Crippen LogP contribution in [0, 0.1) is 28.6 Å². The van der Waals surface area contributed by atoms with Crippen molar-refractivity contribution in [2.24, 2.45) is 5.92 Å². The molecule has 2 atom stereocenters. The molecule has 3 aromatic rings. The second-order valence-corrected chi connectivity index (χ2v) is 10.1. The Labute approximate surface area is 200 Å². The van der Waals surface area contributed by atoms with E-state index in [1.165, 1.54) is 12.1 Å². The van der Waals surface area contributed by atoms with Crippen LogP contribution in [-0.4, -0.2) is 25.3 Å². The highest BCUT2D eigenvalue weighted by atomic mass is 79.9. The van der Waals surface area contributed by atoms with Gasteiger partial charge in [-0.1, -0.05) is 54.6 Å². The first kappa shape index (κ1) is 22.9. The second-order valence-electron chi connectivity index (χ2n) is 7.46. The van der Waals surface area contributed by atoms with Crippen LogP contribution in [0.2, 0.25) is 0 Å². The SMILES string of the molecule is CCOC(=O)C(C#N)C1(C#N)c2ccccc2S(=O)(=O)N1Cc1ccc2ccccc2c1Br.